The zero-order valence-electron chi connectivity index (χ0n) is 12.6. The lowest BCUT2D eigenvalue weighted by molar-refractivity contribution is -0.301. The second kappa shape index (κ2) is 6.27. The van der Waals surface area contributed by atoms with Crippen molar-refractivity contribution in [3.8, 4) is 0 Å². The van der Waals surface area contributed by atoms with Gasteiger partial charge in [0, 0.05) is 32.2 Å². The molecule has 0 radical (unpaired) electrons. The van der Waals surface area contributed by atoms with E-state index in [2.05, 4.69) is 10.1 Å². The number of carbonyl (C=O) groups is 2. The fraction of sp³-hybridized carbons (Fsp3) is 0.500. The van der Waals surface area contributed by atoms with Gasteiger partial charge in [-0.15, -0.1) is 0 Å². The Morgan fingerprint density at radius 3 is 2.58 bits per heavy atom. The number of amides is 1. The Kier molecular flexibility index (Phi) is 4.70. The largest absolute Gasteiger partial charge is 0.480 e. The van der Waals surface area contributed by atoms with Gasteiger partial charge in [0.25, 0.3) is 11.5 Å². The van der Waals surface area contributed by atoms with Crippen molar-refractivity contribution in [1.29, 1.82) is 0 Å². The number of aliphatic carboxylic acids is 1. The second-order valence-electron chi connectivity index (χ2n) is 5.52. The summed E-state index contributed by atoms with van der Waals surface area (Å²) in [5.41, 5.74) is -3.45. The van der Waals surface area contributed by atoms with Crippen molar-refractivity contribution in [3.63, 3.8) is 0 Å². The van der Waals surface area contributed by atoms with E-state index in [1.807, 2.05) is 0 Å². The highest BCUT2D eigenvalue weighted by Gasteiger charge is 2.63. The normalized spacial score (nSPS) is 23.4. The number of ether oxygens (including phenoxy) is 1. The van der Waals surface area contributed by atoms with Crippen molar-refractivity contribution in [2.45, 2.75) is 37.2 Å². The number of nitrogens with zero attached hydrogens (tertiary/aromatic N) is 1. The first-order valence-corrected chi connectivity index (χ1v) is 6.93. The van der Waals surface area contributed by atoms with Gasteiger partial charge in [-0.25, -0.2) is 0 Å². The predicted octanol–water partition coefficient (Wildman–Crippen LogP) is 0.773. The first-order valence-electron chi connectivity index (χ1n) is 6.93. The van der Waals surface area contributed by atoms with Crippen molar-refractivity contribution in [1.82, 2.24) is 9.88 Å². The van der Waals surface area contributed by atoms with Gasteiger partial charge in [0.2, 0.25) is 0 Å². The van der Waals surface area contributed by atoms with Crippen LogP contribution >= 0.6 is 0 Å². The molecule has 1 aromatic rings. The molecule has 10 heteroatoms. The summed E-state index contributed by atoms with van der Waals surface area (Å²) < 4.78 is 44.0. The third-order valence-corrected chi connectivity index (χ3v) is 3.97. The first kappa shape index (κ1) is 18.0. The number of hydrogen-bond donors (Lipinski definition) is 2. The summed E-state index contributed by atoms with van der Waals surface area (Å²) in [6, 6.07) is 1.71. The molecule has 1 amide bonds. The minimum Gasteiger partial charge on any atom is -0.480 e. The van der Waals surface area contributed by atoms with Gasteiger partial charge in [0.05, 0.1) is 0 Å². The smallest absolute Gasteiger partial charge is 0.417 e. The van der Waals surface area contributed by atoms with Gasteiger partial charge in [-0.05, 0) is 12.1 Å². The number of alkyl halides is 3. The molecule has 0 atom stereocenters. The molecule has 2 N–H and O–H groups in total. The number of nitrogens with one attached hydrogen (secondary N) is 1. The quantitative estimate of drug-likeness (QED) is 0.819. The minimum absolute atomic E-state index is 0.333. The number of pyridine rings is 1. The molecular formula is C14H15F3N2O5. The van der Waals surface area contributed by atoms with Crippen LogP contribution < -0.4 is 10.9 Å². The lowest BCUT2D eigenvalue weighted by Crippen LogP contribution is -2.63. The summed E-state index contributed by atoms with van der Waals surface area (Å²) in [5, 5.41) is 11.0. The van der Waals surface area contributed by atoms with Gasteiger partial charge in [0.1, 0.15) is 12.1 Å². The van der Waals surface area contributed by atoms with Crippen LogP contribution in [0, 0.1) is 0 Å². The van der Waals surface area contributed by atoms with Crippen LogP contribution in [0.15, 0.2) is 23.1 Å². The number of carbonyl (C=O) groups excluding carboxylic acids is 1. The van der Waals surface area contributed by atoms with Crippen LogP contribution in [0.4, 0.5) is 13.2 Å². The van der Waals surface area contributed by atoms with Crippen LogP contribution in [0.5, 0.6) is 0 Å². The Hall–Kier alpha value is -2.36. The van der Waals surface area contributed by atoms with Gasteiger partial charge < -0.3 is 19.7 Å². The molecule has 0 bridgehead atoms. The fourth-order valence-electron chi connectivity index (χ4n) is 2.60. The summed E-state index contributed by atoms with van der Waals surface area (Å²) >= 11 is 0. The third kappa shape index (κ3) is 3.28. The van der Waals surface area contributed by atoms with E-state index >= 15 is 0 Å². The molecule has 1 aliphatic rings. The summed E-state index contributed by atoms with van der Waals surface area (Å²) in [4.78, 5) is 34.7. The number of halogens is 3. The molecule has 1 fully saturated rings. The van der Waals surface area contributed by atoms with Crippen molar-refractivity contribution < 1.29 is 32.6 Å². The van der Waals surface area contributed by atoms with Crippen LogP contribution in [0.2, 0.25) is 0 Å². The van der Waals surface area contributed by atoms with E-state index in [9.17, 15) is 27.6 Å². The highest BCUT2D eigenvalue weighted by Crippen LogP contribution is 2.47. The van der Waals surface area contributed by atoms with Crippen LogP contribution in [-0.2, 0) is 16.1 Å². The molecule has 0 aliphatic heterocycles. The van der Waals surface area contributed by atoms with Crippen LogP contribution in [0.25, 0.3) is 0 Å². The Morgan fingerprint density at radius 2 is 2.08 bits per heavy atom. The van der Waals surface area contributed by atoms with E-state index in [1.54, 1.807) is 0 Å². The van der Waals surface area contributed by atoms with Crippen molar-refractivity contribution in [2.75, 3.05) is 7.11 Å². The summed E-state index contributed by atoms with van der Waals surface area (Å²) in [5.74, 6) is -2.11. The molecule has 0 spiro atoms. The van der Waals surface area contributed by atoms with Crippen molar-refractivity contribution in [2.24, 2.45) is 0 Å². The third-order valence-electron chi connectivity index (χ3n) is 3.97. The molecule has 132 valence electrons. The van der Waals surface area contributed by atoms with Gasteiger partial charge in [-0.2, -0.15) is 13.2 Å². The fourth-order valence-corrected chi connectivity index (χ4v) is 2.60. The maximum Gasteiger partial charge on any atom is 0.417 e. The highest BCUT2D eigenvalue weighted by atomic mass is 19.4. The van der Waals surface area contributed by atoms with E-state index < -0.39 is 54.6 Å². The number of methoxy groups -OCH3 is 1. The van der Waals surface area contributed by atoms with Crippen molar-refractivity contribution >= 4 is 11.9 Å². The predicted molar refractivity (Wildman–Crippen MR) is 74.6 cm³/mol. The van der Waals surface area contributed by atoms with E-state index in [1.165, 1.54) is 18.3 Å². The average molecular weight is 348 g/mol. The summed E-state index contributed by atoms with van der Waals surface area (Å²) in [6.07, 6.45) is -4.25. The standard InChI is InChI=1S/C14H15F3N2O5/c1-24-13(14(15,16)17)5-8(6-13)18-11(22)9-3-2-4-19(12(9)23)7-10(20)21/h2-4,8H,5-7H2,1H3,(H,18,22)(H,20,21). The first-order chi connectivity index (χ1) is 11.1. The number of hydrogen-bond acceptors (Lipinski definition) is 4. The molecule has 1 saturated carbocycles. The molecule has 1 heterocycles. The lowest BCUT2D eigenvalue weighted by Gasteiger charge is -2.47. The maximum atomic E-state index is 12.9. The molecule has 2 rings (SSSR count). The number of rotatable bonds is 5. The zero-order chi connectivity index (χ0) is 18.1. The highest BCUT2D eigenvalue weighted by molar-refractivity contribution is 5.94. The number of carboxylic acid groups (broad SMARTS) is 1. The Bertz CT molecular complexity index is 707. The molecule has 1 aromatic heterocycles. The lowest BCUT2D eigenvalue weighted by atomic mass is 9.74. The van der Waals surface area contributed by atoms with Gasteiger partial charge >= 0.3 is 12.1 Å². The maximum absolute atomic E-state index is 12.9. The molecule has 0 aromatic carbocycles. The Morgan fingerprint density at radius 1 is 1.46 bits per heavy atom. The Balaban J connectivity index is 2.08. The average Bonchev–Trinajstić information content (AvgIpc) is 2.42. The molecular weight excluding hydrogens is 333 g/mol. The summed E-state index contributed by atoms with van der Waals surface area (Å²) in [6.45, 7) is -0.621. The zero-order valence-corrected chi connectivity index (χ0v) is 12.6. The SMILES string of the molecule is COC1(C(F)(F)F)CC(NC(=O)c2cccn(CC(=O)O)c2=O)C1. The number of carboxylic acids is 1. The van der Waals surface area contributed by atoms with Crippen molar-refractivity contribution in [3.05, 3.63) is 34.2 Å². The Labute approximate surface area is 134 Å². The van der Waals surface area contributed by atoms with Gasteiger partial charge in [0.15, 0.2) is 5.60 Å². The van der Waals surface area contributed by atoms with Crippen LogP contribution in [-0.4, -0.2) is 46.5 Å². The van der Waals surface area contributed by atoms with E-state index in [-0.39, 0.29) is 5.56 Å². The molecule has 0 unspecified atom stereocenters. The minimum atomic E-state index is -4.55. The monoisotopic (exact) mass is 348 g/mol. The van der Waals surface area contributed by atoms with E-state index in [4.69, 9.17) is 5.11 Å². The second-order valence-corrected chi connectivity index (χ2v) is 5.52. The summed E-state index contributed by atoms with van der Waals surface area (Å²) in [7, 11) is 0.952. The molecule has 24 heavy (non-hydrogen) atoms. The van der Waals surface area contributed by atoms with Gasteiger partial charge in [-0.3, -0.25) is 14.4 Å². The van der Waals surface area contributed by atoms with E-state index in [0.29, 0.717) is 0 Å². The molecule has 0 saturated heterocycles. The number of aromatic nitrogens is 1. The topological polar surface area (TPSA) is 97.6 Å². The van der Waals surface area contributed by atoms with Crippen LogP contribution in [0.1, 0.15) is 23.2 Å². The van der Waals surface area contributed by atoms with Gasteiger partial charge in [-0.1, -0.05) is 0 Å². The van der Waals surface area contributed by atoms with E-state index in [0.717, 1.165) is 11.7 Å². The molecule has 1 aliphatic carbocycles. The van der Waals surface area contributed by atoms with Crippen LogP contribution in [0.3, 0.4) is 0 Å². The molecule has 7 nitrogen and oxygen atoms in total.